The Kier molecular flexibility index (Phi) is 5.29. The minimum absolute atomic E-state index is 0.0116. The smallest absolute Gasteiger partial charge is 0.254 e. The van der Waals surface area contributed by atoms with E-state index in [1.807, 2.05) is 30.3 Å². The van der Waals surface area contributed by atoms with Gasteiger partial charge in [0.2, 0.25) is 0 Å². The van der Waals surface area contributed by atoms with E-state index in [0.717, 1.165) is 0 Å². The van der Waals surface area contributed by atoms with E-state index in [1.54, 1.807) is 18.1 Å². The Hall–Kier alpha value is -1.61. The molecule has 0 bridgehead atoms. The minimum atomic E-state index is 0.0116. The summed E-state index contributed by atoms with van der Waals surface area (Å²) in [4.78, 5) is 13.8. The van der Waals surface area contributed by atoms with Crippen LogP contribution < -0.4 is 0 Å². The van der Waals surface area contributed by atoms with Crippen molar-refractivity contribution in [3.8, 4) is 0 Å². The molecule has 0 aliphatic carbocycles. The van der Waals surface area contributed by atoms with Crippen LogP contribution in [0.2, 0.25) is 0 Å². The van der Waals surface area contributed by atoms with Gasteiger partial charge in [-0.1, -0.05) is 24.3 Å². The highest BCUT2D eigenvalue weighted by Gasteiger charge is 2.13. The molecule has 0 aromatic heterocycles. The molecule has 0 aliphatic rings. The molecule has 0 heterocycles. The predicted octanol–water partition coefficient (Wildman–Crippen LogP) is 1.96. The molecule has 1 aromatic rings. The maximum Gasteiger partial charge on any atom is 0.254 e. The molecule has 0 unspecified atom stereocenters. The Morgan fingerprint density at radius 2 is 2.12 bits per heavy atom. The number of hydrogen-bond donors (Lipinski definition) is 0. The fraction of sp³-hybridized carbons (Fsp3) is 0.308. The molecule has 0 saturated carbocycles. The molecule has 0 fully saturated rings. The SMILES string of the molecule is C=CCN(CCOC)C(=O)c1ccccc1. The average Bonchev–Trinajstić information content (AvgIpc) is 2.35. The van der Waals surface area contributed by atoms with Crippen molar-refractivity contribution in [1.29, 1.82) is 0 Å². The lowest BCUT2D eigenvalue weighted by molar-refractivity contribution is 0.0718. The van der Waals surface area contributed by atoms with Gasteiger partial charge in [0.1, 0.15) is 0 Å². The van der Waals surface area contributed by atoms with Crippen LogP contribution in [0.25, 0.3) is 0 Å². The summed E-state index contributed by atoms with van der Waals surface area (Å²) >= 11 is 0. The van der Waals surface area contributed by atoms with E-state index >= 15 is 0 Å². The van der Waals surface area contributed by atoms with Crippen LogP contribution in [0.4, 0.5) is 0 Å². The molecule has 0 atom stereocenters. The van der Waals surface area contributed by atoms with Gasteiger partial charge in [-0.2, -0.15) is 0 Å². The number of amides is 1. The highest BCUT2D eigenvalue weighted by atomic mass is 16.5. The molecule has 0 radical (unpaired) electrons. The van der Waals surface area contributed by atoms with Crippen molar-refractivity contribution in [3.63, 3.8) is 0 Å². The van der Waals surface area contributed by atoms with Crippen molar-refractivity contribution >= 4 is 5.91 Å². The monoisotopic (exact) mass is 219 g/mol. The number of ether oxygens (including phenoxy) is 1. The summed E-state index contributed by atoms with van der Waals surface area (Å²) in [6.07, 6.45) is 1.72. The molecule has 0 N–H and O–H groups in total. The van der Waals surface area contributed by atoms with Crippen LogP contribution in [0.15, 0.2) is 43.0 Å². The molecule has 1 aromatic carbocycles. The summed E-state index contributed by atoms with van der Waals surface area (Å²) in [6.45, 7) is 5.30. The first kappa shape index (κ1) is 12.5. The maximum absolute atomic E-state index is 12.1. The highest BCUT2D eigenvalue weighted by Crippen LogP contribution is 2.04. The fourth-order valence-electron chi connectivity index (χ4n) is 1.40. The van der Waals surface area contributed by atoms with Crippen LogP contribution in [-0.2, 0) is 4.74 Å². The normalized spacial score (nSPS) is 9.81. The second-order valence-corrected chi connectivity index (χ2v) is 3.40. The van der Waals surface area contributed by atoms with Crippen LogP contribution in [0.3, 0.4) is 0 Å². The van der Waals surface area contributed by atoms with E-state index in [-0.39, 0.29) is 5.91 Å². The first-order chi connectivity index (χ1) is 7.79. The molecule has 16 heavy (non-hydrogen) atoms. The number of hydrogen-bond acceptors (Lipinski definition) is 2. The molecule has 1 rings (SSSR count). The lowest BCUT2D eigenvalue weighted by Gasteiger charge is -2.20. The van der Waals surface area contributed by atoms with Crippen LogP contribution in [0.1, 0.15) is 10.4 Å². The number of rotatable bonds is 6. The van der Waals surface area contributed by atoms with E-state index in [4.69, 9.17) is 4.74 Å². The standard InChI is InChI=1S/C13H17NO2/c1-3-9-14(10-11-16-2)13(15)12-7-5-4-6-8-12/h3-8H,1,9-11H2,2H3. The van der Waals surface area contributed by atoms with Gasteiger partial charge in [-0.25, -0.2) is 0 Å². The number of carbonyl (C=O) groups is 1. The quantitative estimate of drug-likeness (QED) is 0.684. The van der Waals surface area contributed by atoms with Crippen LogP contribution in [0, 0.1) is 0 Å². The van der Waals surface area contributed by atoms with E-state index in [9.17, 15) is 4.79 Å². The number of benzene rings is 1. The molecule has 0 aliphatic heterocycles. The van der Waals surface area contributed by atoms with Gasteiger partial charge in [-0.05, 0) is 12.1 Å². The Morgan fingerprint density at radius 3 is 2.69 bits per heavy atom. The Bertz CT molecular complexity index is 335. The van der Waals surface area contributed by atoms with Crippen LogP contribution in [0.5, 0.6) is 0 Å². The Labute approximate surface area is 96.3 Å². The second kappa shape index (κ2) is 6.80. The largest absolute Gasteiger partial charge is 0.383 e. The van der Waals surface area contributed by atoms with E-state index in [2.05, 4.69) is 6.58 Å². The fourth-order valence-corrected chi connectivity index (χ4v) is 1.40. The van der Waals surface area contributed by atoms with Gasteiger partial charge >= 0.3 is 0 Å². The van der Waals surface area contributed by atoms with Crippen molar-refractivity contribution in [2.75, 3.05) is 26.8 Å². The third-order valence-corrected chi connectivity index (χ3v) is 2.22. The Balaban J connectivity index is 2.70. The molecular weight excluding hydrogens is 202 g/mol. The summed E-state index contributed by atoms with van der Waals surface area (Å²) in [5.41, 5.74) is 0.695. The topological polar surface area (TPSA) is 29.5 Å². The first-order valence-electron chi connectivity index (χ1n) is 5.23. The lowest BCUT2D eigenvalue weighted by atomic mass is 10.2. The maximum atomic E-state index is 12.1. The molecule has 1 amide bonds. The lowest BCUT2D eigenvalue weighted by Crippen LogP contribution is -2.34. The van der Waals surface area contributed by atoms with Crippen molar-refractivity contribution in [3.05, 3.63) is 48.6 Å². The van der Waals surface area contributed by atoms with Gasteiger partial charge in [0.15, 0.2) is 0 Å². The van der Waals surface area contributed by atoms with Gasteiger partial charge in [-0.3, -0.25) is 4.79 Å². The van der Waals surface area contributed by atoms with Gasteiger partial charge < -0.3 is 9.64 Å². The molecular formula is C13H17NO2. The third kappa shape index (κ3) is 3.51. The van der Waals surface area contributed by atoms with E-state index in [1.165, 1.54) is 0 Å². The minimum Gasteiger partial charge on any atom is -0.383 e. The number of carbonyl (C=O) groups excluding carboxylic acids is 1. The summed E-state index contributed by atoms with van der Waals surface area (Å²) < 4.78 is 4.98. The zero-order valence-electron chi connectivity index (χ0n) is 9.56. The highest BCUT2D eigenvalue weighted by molar-refractivity contribution is 5.94. The molecule has 0 saturated heterocycles. The number of methoxy groups -OCH3 is 1. The van der Waals surface area contributed by atoms with Gasteiger partial charge in [-0.15, -0.1) is 6.58 Å². The molecule has 3 heteroatoms. The molecule has 86 valence electrons. The van der Waals surface area contributed by atoms with Crippen LogP contribution in [-0.4, -0.2) is 37.6 Å². The summed E-state index contributed by atoms with van der Waals surface area (Å²) in [5, 5.41) is 0. The second-order valence-electron chi connectivity index (χ2n) is 3.40. The Morgan fingerprint density at radius 1 is 1.44 bits per heavy atom. The van der Waals surface area contributed by atoms with E-state index in [0.29, 0.717) is 25.3 Å². The van der Waals surface area contributed by atoms with Gasteiger partial charge in [0.25, 0.3) is 5.91 Å². The zero-order valence-corrected chi connectivity index (χ0v) is 9.56. The molecule has 3 nitrogen and oxygen atoms in total. The first-order valence-corrected chi connectivity index (χ1v) is 5.23. The van der Waals surface area contributed by atoms with Crippen molar-refractivity contribution in [2.24, 2.45) is 0 Å². The van der Waals surface area contributed by atoms with E-state index < -0.39 is 0 Å². The summed E-state index contributed by atoms with van der Waals surface area (Å²) in [7, 11) is 1.62. The number of nitrogens with zero attached hydrogens (tertiary/aromatic N) is 1. The van der Waals surface area contributed by atoms with Crippen molar-refractivity contribution in [2.45, 2.75) is 0 Å². The van der Waals surface area contributed by atoms with Gasteiger partial charge in [0.05, 0.1) is 6.61 Å². The zero-order chi connectivity index (χ0) is 11.8. The van der Waals surface area contributed by atoms with Crippen molar-refractivity contribution < 1.29 is 9.53 Å². The summed E-state index contributed by atoms with van der Waals surface area (Å²) in [6, 6.07) is 9.23. The van der Waals surface area contributed by atoms with Crippen molar-refractivity contribution in [1.82, 2.24) is 4.90 Å². The molecule has 0 spiro atoms. The predicted molar refractivity (Wildman–Crippen MR) is 64.4 cm³/mol. The van der Waals surface area contributed by atoms with Gasteiger partial charge in [0, 0.05) is 25.8 Å². The average molecular weight is 219 g/mol. The summed E-state index contributed by atoms with van der Waals surface area (Å²) in [5.74, 6) is 0.0116. The van der Waals surface area contributed by atoms with Crippen LogP contribution >= 0.6 is 0 Å². The third-order valence-electron chi connectivity index (χ3n) is 2.22.